The van der Waals surface area contributed by atoms with Gasteiger partial charge in [-0.1, -0.05) is 13.0 Å². The third kappa shape index (κ3) is 4.80. The van der Waals surface area contributed by atoms with Crippen molar-refractivity contribution in [2.75, 3.05) is 34.5 Å². The molecule has 0 bridgehead atoms. The molecular formula is C23H29N5O6S. The van der Waals surface area contributed by atoms with Gasteiger partial charge in [-0.05, 0) is 19.1 Å². The fourth-order valence-electron chi connectivity index (χ4n) is 4.06. The number of methoxy groups -OCH3 is 3. The summed E-state index contributed by atoms with van der Waals surface area (Å²) >= 11 is 0. The summed E-state index contributed by atoms with van der Waals surface area (Å²) in [5.74, 6) is 2.10. The van der Waals surface area contributed by atoms with Crippen LogP contribution in [0.2, 0.25) is 0 Å². The molecule has 0 saturated heterocycles. The van der Waals surface area contributed by atoms with Crippen LogP contribution in [0.1, 0.15) is 37.5 Å². The van der Waals surface area contributed by atoms with Gasteiger partial charge in [0.05, 0.1) is 50.1 Å². The molecule has 1 aliphatic rings. The molecule has 0 radical (unpaired) electrons. The second kappa shape index (κ2) is 10.2. The van der Waals surface area contributed by atoms with Crippen molar-refractivity contribution in [3.63, 3.8) is 0 Å². The Labute approximate surface area is 204 Å². The molecule has 35 heavy (non-hydrogen) atoms. The standard InChI is InChI=1S/C23H29N5O6S/c1-14(22-24-9-17(32-4)10-25-22)15(2)35(29,30)13-20-26-27-23-18-7-6-8-19(33-5)21(18)34-12-16(11-31-3)28(20)23/h6-10,14-16H,11-13H2,1-5H3/t14-,15-,16+/m0/s1. The molecule has 0 fully saturated rings. The lowest BCUT2D eigenvalue weighted by atomic mass is 10.1. The van der Waals surface area contributed by atoms with Crippen molar-refractivity contribution in [2.24, 2.45) is 0 Å². The van der Waals surface area contributed by atoms with E-state index in [2.05, 4.69) is 20.2 Å². The van der Waals surface area contributed by atoms with E-state index in [0.717, 1.165) is 0 Å². The van der Waals surface area contributed by atoms with Gasteiger partial charge in [-0.3, -0.25) is 0 Å². The molecule has 1 aromatic carbocycles. The van der Waals surface area contributed by atoms with Crippen molar-refractivity contribution >= 4 is 9.84 Å². The van der Waals surface area contributed by atoms with Crippen molar-refractivity contribution in [1.82, 2.24) is 24.7 Å². The zero-order valence-electron chi connectivity index (χ0n) is 20.3. The second-order valence-corrected chi connectivity index (χ2v) is 10.7. The molecule has 0 spiro atoms. The van der Waals surface area contributed by atoms with Crippen molar-refractivity contribution in [1.29, 1.82) is 0 Å². The second-order valence-electron chi connectivity index (χ2n) is 8.35. The van der Waals surface area contributed by atoms with E-state index in [4.69, 9.17) is 18.9 Å². The summed E-state index contributed by atoms with van der Waals surface area (Å²) in [7, 11) is 1.00. The summed E-state index contributed by atoms with van der Waals surface area (Å²) in [6.07, 6.45) is 3.05. The number of para-hydroxylation sites is 1. The van der Waals surface area contributed by atoms with Gasteiger partial charge in [-0.2, -0.15) is 0 Å². The highest BCUT2D eigenvalue weighted by atomic mass is 32.2. The number of hydrogen-bond acceptors (Lipinski definition) is 10. The first-order chi connectivity index (χ1) is 16.8. The first kappa shape index (κ1) is 24.9. The summed E-state index contributed by atoms with van der Waals surface area (Å²) in [6, 6.07) is 5.14. The molecule has 12 heteroatoms. The van der Waals surface area contributed by atoms with Crippen molar-refractivity contribution in [3.8, 4) is 28.6 Å². The fraction of sp³-hybridized carbons (Fsp3) is 0.478. The lowest BCUT2D eigenvalue weighted by Crippen LogP contribution is -2.29. The topological polar surface area (TPSA) is 128 Å². The molecule has 0 N–H and O–H groups in total. The van der Waals surface area contributed by atoms with E-state index in [1.165, 1.54) is 19.5 Å². The number of nitrogens with zero attached hydrogens (tertiary/aromatic N) is 5. The van der Waals surface area contributed by atoms with Gasteiger partial charge in [0.15, 0.2) is 32.9 Å². The molecule has 0 saturated carbocycles. The number of hydrogen-bond donors (Lipinski definition) is 0. The smallest absolute Gasteiger partial charge is 0.172 e. The summed E-state index contributed by atoms with van der Waals surface area (Å²) < 4.78 is 50.7. The van der Waals surface area contributed by atoms with Gasteiger partial charge in [-0.25, -0.2) is 18.4 Å². The van der Waals surface area contributed by atoms with Gasteiger partial charge >= 0.3 is 0 Å². The molecule has 4 rings (SSSR count). The van der Waals surface area contributed by atoms with Gasteiger partial charge in [0.1, 0.15) is 24.0 Å². The first-order valence-electron chi connectivity index (χ1n) is 11.1. The van der Waals surface area contributed by atoms with E-state index >= 15 is 0 Å². The van der Waals surface area contributed by atoms with Gasteiger partial charge in [0.2, 0.25) is 0 Å². The van der Waals surface area contributed by atoms with Crippen LogP contribution in [0.3, 0.4) is 0 Å². The third-order valence-electron chi connectivity index (χ3n) is 6.24. The Kier molecular flexibility index (Phi) is 7.22. The largest absolute Gasteiger partial charge is 0.494 e. The lowest BCUT2D eigenvalue weighted by molar-refractivity contribution is 0.123. The minimum Gasteiger partial charge on any atom is -0.494 e. The highest BCUT2D eigenvalue weighted by molar-refractivity contribution is 7.91. The summed E-state index contributed by atoms with van der Waals surface area (Å²) in [4.78, 5) is 8.53. The molecule has 11 nitrogen and oxygen atoms in total. The van der Waals surface area contributed by atoms with Crippen LogP contribution >= 0.6 is 0 Å². The zero-order chi connectivity index (χ0) is 25.2. The number of fused-ring (bicyclic) bond motifs is 3. The average molecular weight is 504 g/mol. The number of aromatic nitrogens is 5. The number of benzene rings is 1. The highest BCUT2D eigenvalue weighted by Gasteiger charge is 2.34. The Morgan fingerprint density at radius 1 is 1.11 bits per heavy atom. The van der Waals surface area contributed by atoms with Gasteiger partial charge in [0.25, 0.3) is 0 Å². The van der Waals surface area contributed by atoms with Crippen LogP contribution in [0.5, 0.6) is 17.2 Å². The molecule has 0 amide bonds. The summed E-state index contributed by atoms with van der Waals surface area (Å²) in [5, 5.41) is 7.87. The van der Waals surface area contributed by atoms with E-state index in [1.807, 2.05) is 12.1 Å². The summed E-state index contributed by atoms with van der Waals surface area (Å²) in [5.41, 5.74) is 0.673. The Morgan fingerprint density at radius 2 is 1.86 bits per heavy atom. The van der Waals surface area contributed by atoms with Gasteiger partial charge < -0.3 is 23.5 Å². The first-order valence-corrected chi connectivity index (χ1v) is 12.8. The third-order valence-corrected chi connectivity index (χ3v) is 8.44. The quantitative estimate of drug-likeness (QED) is 0.429. The monoisotopic (exact) mass is 503 g/mol. The van der Waals surface area contributed by atoms with Crippen LogP contribution in [0.15, 0.2) is 30.6 Å². The van der Waals surface area contributed by atoms with E-state index in [1.54, 1.807) is 38.7 Å². The maximum Gasteiger partial charge on any atom is 0.172 e. The SMILES string of the molecule is COC[C@@H]1COc2c(OC)cccc2-c2nnc(CS(=O)(=O)[C@@H](C)[C@H](C)c3ncc(OC)cn3)n21. The van der Waals surface area contributed by atoms with E-state index in [0.29, 0.717) is 46.9 Å². The van der Waals surface area contributed by atoms with Crippen molar-refractivity contribution < 1.29 is 27.4 Å². The number of sulfone groups is 1. The van der Waals surface area contributed by atoms with E-state index < -0.39 is 21.0 Å². The number of ether oxygens (including phenoxy) is 4. The zero-order valence-corrected chi connectivity index (χ0v) is 21.2. The molecular weight excluding hydrogens is 474 g/mol. The van der Waals surface area contributed by atoms with Crippen LogP contribution in [0.4, 0.5) is 0 Å². The molecule has 0 unspecified atom stereocenters. The van der Waals surface area contributed by atoms with Crippen LogP contribution in [-0.2, 0) is 20.3 Å². The molecule has 0 aliphatic carbocycles. The molecule has 3 atom stereocenters. The molecule has 188 valence electrons. The molecule has 1 aliphatic heterocycles. The van der Waals surface area contributed by atoms with Crippen LogP contribution in [0.25, 0.3) is 11.4 Å². The maximum atomic E-state index is 13.5. The van der Waals surface area contributed by atoms with Gasteiger partial charge in [-0.15, -0.1) is 10.2 Å². The predicted octanol–water partition coefficient (Wildman–Crippen LogP) is 2.44. The van der Waals surface area contributed by atoms with E-state index in [9.17, 15) is 8.42 Å². The van der Waals surface area contributed by atoms with Crippen molar-refractivity contribution in [2.45, 2.75) is 36.8 Å². The van der Waals surface area contributed by atoms with Crippen LogP contribution < -0.4 is 14.2 Å². The minimum absolute atomic E-state index is 0.241. The Hall–Kier alpha value is -3.25. The fourth-order valence-corrected chi connectivity index (χ4v) is 5.62. The van der Waals surface area contributed by atoms with E-state index in [-0.39, 0.29) is 18.4 Å². The molecule has 2 aromatic heterocycles. The lowest BCUT2D eigenvalue weighted by Gasteiger charge is -2.21. The predicted molar refractivity (Wildman–Crippen MR) is 128 cm³/mol. The average Bonchev–Trinajstić information content (AvgIpc) is 3.20. The Balaban J connectivity index is 1.68. The van der Waals surface area contributed by atoms with Crippen LogP contribution in [-0.4, -0.2) is 72.9 Å². The van der Waals surface area contributed by atoms with Crippen LogP contribution in [0, 0.1) is 0 Å². The normalized spacial score (nSPS) is 16.9. The Bertz CT molecular complexity index is 1280. The molecule has 3 heterocycles. The highest BCUT2D eigenvalue weighted by Crippen LogP contribution is 2.41. The minimum atomic E-state index is -3.66. The van der Waals surface area contributed by atoms with Gasteiger partial charge in [0, 0.05) is 13.0 Å². The maximum absolute atomic E-state index is 13.5. The summed E-state index contributed by atoms with van der Waals surface area (Å²) in [6.45, 7) is 3.98. The number of rotatable bonds is 9. The Morgan fingerprint density at radius 3 is 2.51 bits per heavy atom. The molecule has 3 aromatic rings. The van der Waals surface area contributed by atoms with Crippen molar-refractivity contribution in [3.05, 3.63) is 42.2 Å².